The van der Waals surface area contributed by atoms with E-state index in [1.165, 1.54) is 0 Å². The molecule has 1 unspecified atom stereocenters. The predicted octanol–water partition coefficient (Wildman–Crippen LogP) is 2.24. The number of imidazole rings is 1. The molecule has 1 heterocycles. The molecule has 0 saturated heterocycles. The first-order chi connectivity index (χ1) is 8.90. The van der Waals surface area contributed by atoms with E-state index in [1.807, 2.05) is 13.1 Å². The van der Waals surface area contributed by atoms with Crippen molar-refractivity contribution in [1.29, 1.82) is 0 Å². The van der Waals surface area contributed by atoms with E-state index < -0.39 is 11.5 Å². The third-order valence-electron chi connectivity index (χ3n) is 3.38. The van der Waals surface area contributed by atoms with Gasteiger partial charge < -0.3 is 15.0 Å². The third kappa shape index (κ3) is 4.06. The molecule has 0 saturated carbocycles. The molecule has 1 atom stereocenters. The Bertz CT molecular complexity index is 415. The number of hydrogen-bond acceptors (Lipinski definition) is 3. The standard InChI is InChI=1S/C14H25N3O2/c1-5-16-14(4,13(18)19)7-6-9-17-10-8-15-12(17)11(2)3/h8,10-11,16H,5-7,9H2,1-4H3,(H,18,19). The molecule has 1 aromatic heterocycles. The summed E-state index contributed by atoms with van der Waals surface area (Å²) >= 11 is 0. The van der Waals surface area contributed by atoms with E-state index in [0.29, 0.717) is 18.9 Å². The van der Waals surface area contributed by atoms with Crippen LogP contribution < -0.4 is 5.32 Å². The molecule has 0 fully saturated rings. The molecule has 5 heteroatoms. The van der Waals surface area contributed by atoms with Crippen molar-refractivity contribution in [3.05, 3.63) is 18.2 Å². The Labute approximate surface area is 115 Å². The number of aliphatic carboxylic acids is 1. The van der Waals surface area contributed by atoms with Gasteiger partial charge in [0, 0.05) is 24.9 Å². The maximum Gasteiger partial charge on any atom is 0.323 e. The fourth-order valence-corrected chi connectivity index (χ4v) is 2.27. The largest absolute Gasteiger partial charge is 0.480 e. The molecule has 0 aliphatic carbocycles. The summed E-state index contributed by atoms with van der Waals surface area (Å²) in [6.07, 6.45) is 5.18. The van der Waals surface area contributed by atoms with Gasteiger partial charge in [-0.2, -0.15) is 0 Å². The lowest BCUT2D eigenvalue weighted by atomic mass is 9.96. The number of aryl methyl sites for hydroxylation is 1. The molecule has 2 N–H and O–H groups in total. The predicted molar refractivity (Wildman–Crippen MR) is 75.3 cm³/mol. The minimum Gasteiger partial charge on any atom is -0.480 e. The SMILES string of the molecule is CCNC(C)(CCCn1ccnc1C(C)C)C(=O)O. The van der Waals surface area contributed by atoms with Crippen LogP contribution in [-0.2, 0) is 11.3 Å². The van der Waals surface area contributed by atoms with Gasteiger partial charge in [-0.15, -0.1) is 0 Å². The summed E-state index contributed by atoms with van der Waals surface area (Å²) in [5, 5.41) is 12.3. The van der Waals surface area contributed by atoms with Crippen molar-refractivity contribution in [2.45, 2.75) is 58.5 Å². The number of carboxylic acids is 1. The molecule has 5 nitrogen and oxygen atoms in total. The van der Waals surface area contributed by atoms with Gasteiger partial charge in [0.1, 0.15) is 11.4 Å². The van der Waals surface area contributed by atoms with Crippen LogP contribution >= 0.6 is 0 Å². The average Bonchev–Trinajstić information content (AvgIpc) is 2.77. The van der Waals surface area contributed by atoms with Gasteiger partial charge >= 0.3 is 5.97 Å². The van der Waals surface area contributed by atoms with Crippen LogP contribution in [0.2, 0.25) is 0 Å². The van der Waals surface area contributed by atoms with E-state index >= 15 is 0 Å². The minimum atomic E-state index is -0.840. The summed E-state index contributed by atoms with van der Waals surface area (Å²) in [5.41, 5.74) is -0.840. The fourth-order valence-electron chi connectivity index (χ4n) is 2.27. The van der Waals surface area contributed by atoms with Crippen LogP contribution in [-0.4, -0.2) is 32.7 Å². The second-order valence-electron chi connectivity index (χ2n) is 5.40. The second kappa shape index (κ2) is 6.70. The Kier molecular flexibility index (Phi) is 5.54. The number of nitrogens with zero attached hydrogens (tertiary/aromatic N) is 2. The summed E-state index contributed by atoms with van der Waals surface area (Å²) in [6, 6.07) is 0. The van der Waals surface area contributed by atoms with Crippen molar-refractivity contribution >= 4 is 5.97 Å². The van der Waals surface area contributed by atoms with E-state index in [4.69, 9.17) is 0 Å². The molecule has 19 heavy (non-hydrogen) atoms. The molecule has 0 bridgehead atoms. The lowest BCUT2D eigenvalue weighted by Gasteiger charge is -2.25. The topological polar surface area (TPSA) is 67.2 Å². The van der Waals surface area contributed by atoms with Crippen LogP contribution in [0, 0.1) is 0 Å². The Morgan fingerprint density at radius 2 is 2.26 bits per heavy atom. The van der Waals surface area contributed by atoms with Gasteiger partial charge in [0.05, 0.1) is 0 Å². The van der Waals surface area contributed by atoms with Crippen molar-refractivity contribution in [2.24, 2.45) is 0 Å². The number of carboxylic acid groups (broad SMARTS) is 1. The highest BCUT2D eigenvalue weighted by Crippen LogP contribution is 2.16. The molecule has 108 valence electrons. The number of nitrogens with one attached hydrogen (secondary N) is 1. The fraction of sp³-hybridized carbons (Fsp3) is 0.714. The highest BCUT2D eigenvalue weighted by molar-refractivity contribution is 5.78. The maximum atomic E-state index is 11.3. The first-order valence-corrected chi connectivity index (χ1v) is 6.90. The van der Waals surface area contributed by atoms with E-state index in [-0.39, 0.29) is 0 Å². The van der Waals surface area contributed by atoms with Gasteiger partial charge in [-0.25, -0.2) is 4.98 Å². The lowest BCUT2D eigenvalue weighted by Crippen LogP contribution is -2.49. The molecular weight excluding hydrogens is 242 g/mol. The van der Waals surface area contributed by atoms with Crippen LogP contribution in [0.5, 0.6) is 0 Å². The number of carbonyl (C=O) groups is 1. The monoisotopic (exact) mass is 267 g/mol. The van der Waals surface area contributed by atoms with Crippen LogP contribution in [0.15, 0.2) is 12.4 Å². The molecule has 0 aliphatic heterocycles. The zero-order valence-electron chi connectivity index (χ0n) is 12.3. The highest BCUT2D eigenvalue weighted by atomic mass is 16.4. The summed E-state index contributed by atoms with van der Waals surface area (Å²) in [5.74, 6) is 0.652. The number of rotatable bonds is 8. The summed E-state index contributed by atoms with van der Waals surface area (Å²) < 4.78 is 2.11. The van der Waals surface area contributed by atoms with Crippen molar-refractivity contribution in [1.82, 2.24) is 14.9 Å². The van der Waals surface area contributed by atoms with E-state index in [0.717, 1.165) is 18.8 Å². The van der Waals surface area contributed by atoms with Gasteiger partial charge in [-0.05, 0) is 26.3 Å². The van der Waals surface area contributed by atoms with Gasteiger partial charge in [-0.1, -0.05) is 20.8 Å². The molecular formula is C14H25N3O2. The maximum absolute atomic E-state index is 11.3. The Morgan fingerprint density at radius 3 is 2.79 bits per heavy atom. The van der Waals surface area contributed by atoms with Gasteiger partial charge in [0.2, 0.25) is 0 Å². The van der Waals surface area contributed by atoms with E-state index in [9.17, 15) is 9.90 Å². The van der Waals surface area contributed by atoms with E-state index in [2.05, 4.69) is 28.7 Å². The summed E-state index contributed by atoms with van der Waals surface area (Å²) in [4.78, 5) is 15.6. The Hall–Kier alpha value is -1.36. The van der Waals surface area contributed by atoms with Crippen molar-refractivity contribution in [2.75, 3.05) is 6.54 Å². The number of likely N-dealkylation sites (N-methyl/N-ethyl adjacent to an activating group) is 1. The zero-order chi connectivity index (χ0) is 14.5. The van der Waals surface area contributed by atoms with Crippen LogP contribution in [0.3, 0.4) is 0 Å². The third-order valence-corrected chi connectivity index (χ3v) is 3.38. The van der Waals surface area contributed by atoms with Gasteiger partial charge in [0.25, 0.3) is 0 Å². The van der Waals surface area contributed by atoms with Crippen LogP contribution in [0.25, 0.3) is 0 Å². The highest BCUT2D eigenvalue weighted by Gasteiger charge is 2.31. The van der Waals surface area contributed by atoms with Crippen LogP contribution in [0.4, 0.5) is 0 Å². The number of hydrogen-bond donors (Lipinski definition) is 2. The molecule has 0 spiro atoms. The normalized spacial score (nSPS) is 14.6. The molecule has 0 amide bonds. The minimum absolute atomic E-state index is 0.384. The first-order valence-electron chi connectivity index (χ1n) is 6.90. The Morgan fingerprint density at radius 1 is 1.58 bits per heavy atom. The lowest BCUT2D eigenvalue weighted by molar-refractivity contribution is -0.144. The number of aromatic nitrogens is 2. The van der Waals surface area contributed by atoms with Gasteiger partial charge in [0.15, 0.2) is 0 Å². The smallest absolute Gasteiger partial charge is 0.323 e. The summed E-state index contributed by atoms with van der Waals surface area (Å²) in [6.45, 7) is 9.36. The average molecular weight is 267 g/mol. The summed E-state index contributed by atoms with van der Waals surface area (Å²) in [7, 11) is 0. The quantitative estimate of drug-likeness (QED) is 0.758. The first kappa shape index (κ1) is 15.7. The van der Waals surface area contributed by atoms with Gasteiger partial charge in [-0.3, -0.25) is 4.79 Å². The van der Waals surface area contributed by atoms with Crippen molar-refractivity contribution in [3.8, 4) is 0 Å². The molecule has 0 aliphatic rings. The van der Waals surface area contributed by atoms with Crippen molar-refractivity contribution in [3.63, 3.8) is 0 Å². The molecule has 0 radical (unpaired) electrons. The van der Waals surface area contributed by atoms with Crippen molar-refractivity contribution < 1.29 is 9.90 Å². The second-order valence-corrected chi connectivity index (χ2v) is 5.40. The van der Waals surface area contributed by atoms with E-state index in [1.54, 1.807) is 13.1 Å². The zero-order valence-corrected chi connectivity index (χ0v) is 12.3. The Balaban J connectivity index is 2.57. The molecule has 1 aromatic rings. The van der Waals surface area contributed by atoms with Crippen LogP contribution in [0.1, 0.15) is 52.3 Å². The molecule has 1 rings (SSSR count). The molecule has 0 aromatic carbocycles.